The van der Waals surface area contributed by atoms with Crippen LogP contribution in [0.25, 0.3) is 0 Å². The van der Waals surface area contributed by atoms with Gasteiger partial charge in [-0.2, -0.15) is 0 Å². The maximum atomic E-state index is 12.3. The minimum absolute atomic E-state index is 0.0250. The van der Waals surface area contributed by atoms with Gasteiger partial charge in [-0.25, -0.2) is 0 Å². The Labute approximate surface area is 207 Å². The van der Waals surface area contributed by atoms with E-state index in [1.165, 1.54) is 11.3 Å². The molecule has 4 rings (SSSR count). The highest BCUT2D eigenvalue weighted by Gasteiger charge is 2.18. The van der Waals surface area contributed by atoms with Crippen LogP contribution in [-0.2, 0) is 11.2 Å². The summed E-state index contributed by atoms with van der Waals surface area (Å²) in [5.41, 5.74) is 1.85. The fourth-order valence-corrected chi connectivity index (χ4v) is 4.64. The van der Waals surface area contributed by atoms with E-state index in [4.69, 9.17) is 11.6 Å². The van der Waals surface area contributed by atoms with Crippen molar-refractivity contribution in [3.8, 4) is 0 Å². The maximum Gasteiger partial charge on any atom is 0.286 e. The minimum atomic E-state index is -0.296. The fourth-order valence-electron chi connectivity index (χ4n) is 3.72. The van der Waals surface area contributed by atoms with Gasteiger partial charge in [0.1, 0.15) is 5.01 Å². The summed E-state index contributed by atoms with van der Waals surface area (Å²) in [5.74, 6) is -0.321. The molecule has 0 saturated carbocycles. The second kappa shape index (κ2) is 11.9. The number of para-hydroxylation sites is 1. The van der Waals surface area contributed by atoms with Gasteiger partial charge in [0.25, 0.3) is 5.91 Å². The van der Waals surface area contributed by atoms with E-state index in [-0.39, 0.29) is 16.8 Å². The Morgan fingerprint density at radius 1 is 1.00 bits per heavy atom. The zero-order chi connectivity index (χ0) is 23.8. The third-order valence-corrected chi connectivity index (χ3v) is 6.77. The molecule has 2 N–H and O–H groups in total. The number of nitrogens with zero attached hydrogens (tertiary/aromatic N) is 4. The molecule has 1 aliphatic heterocycles. The van der Waals surface area contributed by atoms with E-state index in [1.54, 1.807) is 0 Å². The monoisotopic (exact) mass is 498 g/mol. The van der Waals surface area contributed by atoms with E-state index in [1.807, 2.05) is 48.5 Å². The predicted octanol–water partition coefficient (Wildman–Crippen LogP) is 3.31. The van der Waals surface area contributed by atoms with E-state index in [2.05, 4.69) is 36.7 Å². The second-order valence-electron chi connectivity index (χ2n) is 7.98. The molecule has 0 atom stereocenters. The molecule has 0 aliphatic carbocycles. The van der Waals surface area contributed by atoms with Crippen molar-refractivity contribution in [1.29, 1.82) is 0 Å². The van der Waals surface area contributed by atoms with Crippen LogP contribution in [0.15, 0.2) is 54.6 Å². The van der Waals surface area contributed by atoms with Crippen LogP contribution in [0, 0.1) is 0 Å². The van der Waals surface area contributed by atoms with E-state index in [0.717, 1.165) is 43.4 Å². The molecule has 1 saturated heterocycles. The largest absolute Gasteiger partial charge is 0.369 e. The van der Waals surface area contributed by atoms with E-state index in [0.29, 0.717) is 30.1 Å². The minimum Gasteiger partial charge on any atom is -0.369 e. The molecule has 1 aliphatic rings. The number of hydrogen-bond donors (Lipinski definition) is 2. The van der Waals surface area contributed by atoms with Crippen molar-refractivity contribution in [1.82, 2.24) is 20.4 Å². The molecule has 1 aromatic heterocycles. The lowest BCUT2D eigenvalue weighted by molar-refractivity contribution is -0.121. The van der Waals surface area contributed by atoms with Crippen LogP contribution >= 0.6 is 22.9 Å². The molecule has 2 heterocycles. The number of carbonyl (C=O) groups is 2. The number of rotatable bonds is 9. The van der Waals surface area contributed by atoms with Gasteiger partial charge in [0.15, 0.2) is 0 Å². The highest BCUT2D eigenvalue weighted by atomic mass is 35.5. The second-order valence-corrected chi connectivity index (χ2v) is 9.48. The first kappa shape index (κ1) is 24.1. The van der Waals surface area contributed by atoms with Crippen molar-refractivity contribution in [2.75, 3.05) is 49.5 Å². The average molecular weight is 499 g/mol. The number of nitrogens with one attached hydrogen (secondary N) is 2. The van der Waals surface area contributed by atoms with Gasteiger partial charge in [-0.15, -0.1) is 10.2 Å². The van der Waals surface area contributed by atoms with Crippen molar-refractivity contribution >= 4 is 46.1 Å². The molecular weight excluding hydrogens is 472 g/mol. The summed E-state index contributed by atoms with van der Waals surface area (Å²) >= 11 is 7.31. The summed E-state index contributed by atoms with van der Waals surface area (Å²) in [6, 6.07) is 17.1. The van der Waals surface area contributed by atoms with Crippen LogP contribution < -0.4 is 15.5 Å². The smallest absolute Gasteiger partial charge is 0.286 e. The highest BCUT2D eigenvalue weighted by Crippen LogP contribution is 2.20. The Morgan fingerprint density at radius 2 is 1.79 bits per heavy atom. The Bertz CT molecular complexity index is 1100. The number of anilines is 2. The first-order chi connectivity index (χ1) is 16.6. The Hall–Kier alpha value is -3.01. The SMILES string of the molecule is O=C(CCc1nnc(C(=O)Nc2ccccc2)s1)NCCN1CCN(c2cccc(Cl)c2)CC1. The molecule has 178 valence electrons. The Morgan fingerprint density at radius 3 is 2.56 bits per heavy atom. The molecule has 0 radical (unpaired) electrons. The molecule has 2 aromatic carbocycles. The third kappa shape index (κ3) is 6.99. The number of amides is 2. The van der Waals surface area contributed by atoms with Gasteiger partial charge in [-0.3, -0.25) is 14.5 Å². The van der Waals surface area contributed by atoms with Gasteiger partial charge in [-0.1, -0.05) is 47.2 Å². The molecule has 34 heavy (non-hydrogen) atoms. The number of hydrogen-bond acceptors (Lipinski definition) is 7. The van der Waals surface area contributed by atoms with Gasteiger partial charge in [0, 0.05) is 68.5 Å². The number of piperazine rings is 1. The normalized spacial score (nSPS) is 14.1. The molecule has 2 amide bonds. The van der Waals surface area contributed by atoms with Crippen molar-refractivity contribution in [3.63, 3.8) is 0 Å². The van der Waals surface area contributed by atoms with Crippen LogP contribution in [0.2, 0.25) is 5.02 Å². The topological polar surface area (TPSA) is 90.5 Å². The standard InChI is InChI=1S/C24H27ClN6O2S/c25-18-5-4-8-20(17-18)31-15-13-30(14-16-31)12-11-26-21(32)9-10-22-28-29-24(34-22)23(33)27-19-6-2-1-3-7-19/h1-8,17H,9-16H2,(H,26,32)(H,27,33). The van der Waals surface area contributed by atoms with Crippen LogP contribution in [0.1, 0.15) is 21.2 Å². The molecule has 1 fully saturated rings. The van der Waals surface area contributed by atoms with Gasteiger partial charge < -0.3 is 15.5 Å². The quantitative estimate of drug-likeness (QED) is 0.470. The van der Waals surface area contributed by atoms with Crippen LogP contribution in [0.4, 0.5) is 11.4 Å². The summed E-state index contributed by atoms with van der Waals surface area (Å²) in [6.07, 6.45) is 0.776. The molecule has 3 aromatic rings. The average Bonchev–Trinajstić information content (AvgIpc) is 3.33. The molecule has 0 spiro atoms. The van der Waals surface area contributed by atoms with Crippen molar-refractivity contribution in [2.45, 2.75) is 12.8 Å². The van der Waals surface area contributed by atoms with Gasteiger partial charge in [0.2, 0.25) is 10.9 Å². The number of aryl methyl sites for hydroxylation is 1. The van der Waals surface area contributed by atoms with Crippen LogP contribution in [-0.4, -0.2) is 66.2 Å². The third-order valence-electron chi connectivity index (χ3n) is 5.55. The number of halogens is 1. The van der Waals surface area contributed by atoms with E-state index < -0.39 is 0 Å². The van der Waals surface area contributed by atoms with Crippen molar-refractivity contribution in [2.24, 2.45) is 0 Å². The molecule has 10 heteroatoms. The summed E-state index contributed by atoms with van der Waals surface area (Å²) < 4.78 is 0. The van der Waals surface area contributed by atoms with Crippen molar-refractivity contribution in [3.05, 3.63) is 69.6 Å². The highest BCUT2D eigenvalue weighted by molar-refractivity contribution is 7.13. The first-order valence-electron chi connectivity index (χ1n) is 11.3. The van der Waals surface area contributed by atoms with Crippen LogP contribution in [0.3, 0.4) is 0 Å². The zero-order valence-corrected chi connectivity index (χ0v) is 20.3. The van der Waals surface area contributed by atoms with Gasteiger partial charge >= 0.3 is 0 Å². The molecule has 0 bridgehead atoms. The number of aromatic nitrogens is 2. The molecule has 0 unspecified atom stereocenters. The number of carbonyl (C=O) groups excluding carboxylic acids is 2. The lowest BCUT2D eigenvalue weighted by atomic mass is 10.2. The maximum absolute atomic E-state index is 12.3. The lowest BCUT2D eigenvalue weighted by Gasteiger charge is -2.36. The predicted molar refractivity (Wildman–Crippen MR) is 136 cm³/mol. The van der Waals surface area contributed by atoms with E-state index in [9.17, 15) is 9.59 Å². The summed E-state index contributed by atoms with van der Waals surface area (Å²) in [7, 11) is 0. The first-order valence-corrected chi connectivity index (χ1v) is 12.4. The molecular formula is C24H27ClN6O2S. The number of benzene rings is 2. The lowest BCUT2D eigenvalue weighted by Crippen LogP contribution is -2.48. The fraction of sp³-hybridized carbons (Fsp3) is 0.333. The molecule has 8 nitrogen and oxygen atoms in total. The summed E-state index contributed by atoms with van der Waals surface area (Å²) in [6.45, 7) is 5.19. The van der Waals surface area contributed by atoms with Crippen LogP contribution in [0.5, 0.6) is 0 Å². The Balaban J connectivity index is 1.12. The van der Waals surface area contributed by atoms with E-state index >= 15 is 0 Å². The summed E-state index contributed by atoms with van der Waals surface area (Å²) in [4.78, 5) is 29.2. The summed E-state index contributed by atoms with van der Waals surface area (Å²) in [5, 5.41) is 15.5. The Kier molecular flexibility index (Phi) is 8.46. The van der Waals surface area contributed by atoms with Gasteiger partial charge in [-0.05, 0) is 30.3 Å². The van der Waals surface area contributed by atoms with Crippen molar-refractivity contribution < 1.29 is 9.59 Å². The zero-order valence-electron chi connectivity index (χ0n) is 18.7. The van der Waals surface area contributed by atoms with Gasteiger partial charge in [0.05, 0.1) is 0 Å².